The van der Waals surface area contributed by atoms with E-state index in [1.807, 2.05) is 39.8 Å². The lowest BCUT2D eigenvalue weighted by atomic mass is 9.83. The van der Waals surface area contributed by atoms with Crippen molar-refractivity contribution < 1.29 is 14.5 Å². The molecule has 0 aliphatic rings. The van der Waals surface area contributed by atoms with Crippen molar-refractivity contribution in [1.29, 1.82) is 0 Å². The van der Waals surface area contributed by atoms with E-state index in [4.69, 9.17) is 0 Å². The van der Waals surface area contributed by atoms with Crippen molar-refractivity contribution in [3.63, 3.8) is 0 Å². The predicted octanol–water partition coefficient (Wildman–Crippen LogP) is 5.27. The number of nitro groups is 1. The lowest BCUT2D eigenvalue weighted by Crippen LogP contribution is -2.12. The Morgan fingerprint density at radius 2 is 1.75 bits per heavy atom. The van der Waals surface area contributed by atoms with Crippen LogP contribution in [0, 0.1) is 36.8 Å². The number of allylic oxidation sites excluding steroid dienone is 2. The molecule has 2 rings (SSSR count). The lowest BCUT2D eigenvalue weighted by molar-refractivity contribution is -0.385. The normalized spacial score (nSPS) is 13.3. The van der Waals surface area contributed by atoms with Crippen molar-refractivity contribution in [2.45, 2.75) is 40.0 Å². The topological polar surface area (TPSA) is 77.3 Å². The van der Waals surface area contributed by atoms with E-state index >= 15 is 0 Å². The molecule has 0 fully saturated rings. The number of nitro benzene ring substituents is 1. The molecule has 0 N–H and O–H groups in total. The highest BCUT2D eigenvalue weighted by Gasteiger charge is 2.25. The number of para-hydroxylation sites is 1. The van der Waals surface area contributed by atoms with Crippen LogP contribution in [0.3, 0.4) is 0 Å². The third-order valence-electron chi connectivity index (χ3n) is 4.99. The van der Waals surface area contributed by atoms with Gasteiger partial charge in [-0.2, -0.15) is 0 Å². The average Bonchev–Trinajstić information content (AvgIpc) is 2.63. The Morgan fingerprint density at radius 1 is 1.14 bits per heavy atom. The molecule has 0 saturated carbocycles. The molecule has 0 saturated heterocycles. The van der Waals surface area contributed by atoms with Gasteiger partial charge in [-0.1, -0.05) is 48.9 Å². The second-order valence-corrected chi connectivity index (χ2v) is 7.18. The van der Waals surface area contributed by atoms with Gasteiger partial charge in [0.05, 0.1) is 4.92 Å². The van der Waals surface area contributed by atoms with Crippen molar-refractivity contribution in [1.82, 2.24) is 0 Å². The molecule has 0 radical (unpaired) electrons. The molecule has 5 heteroatoms. The van der Waals surface area contributed by atoms with Gasteiger partial charge in [-0.3, -0.25) is 14.9 Å². The predicted molar refractivity (Wildman–Crippen MR) is 110 cm³/mol. The summed E-state index contributed by atoms with van der Waals surface area (Å²) >= 11 is 0. The molecule has 0 bridgehead atoms. The van der Waals surface area contributed by atoms with Crippen molar-refractivity contribution in [2.24, 2.45) is 5.92 Å². The first-order chi connectivity index (χ1) is 13.3. The van der Waals surface area contributed by atoms with Gasteiger partial charge in [0, 0.05) is 29.5 Å². The first-order valence-electron chi connectivity index (χ1n) is 9.23. The van der Waals surface area contributed by atoms with E-state index in [1.165, 1.54) is 12.1 Å². The monoisotopic (exact) mass is 379 g/mol. The van der Waals surface area contributed by atoms with Crippen LogP contribution in [0.5, 0.6) is 0 Å². The minimum atomic E-state index is -0.437. The number of carbonyl (C=O) groups excluding carboxylic acids is 2. The Bertz CT molecular complexity index is 907. The molecular formula is C23H25NO4. The molecule has 0 aliphatic carbocycles. The van der Waals surface area contributed by atoms with Gasteiger partial charge in [0.25, 0.3) is 5.69 Å². The van der Waals surface area contributed by atoms with Crippen LogP contribution in [0.15, 0.2) is 48.6 Å². The van der Waals surface area contributed by atoms with E-state index < -0.39 is 4.92 Å². The van der Waals surface area contributed by atoms with Crippen molar-refractivity contribution >= 4 is 17.8 Å². The first-order valence-corrected chi connectivity index (χ1v) is 9.23. The minimum Gasteiger partial charge on any atom is -0.303 e. The molecule has 0 heterocycles. The lowest BCUT2D eigenvalue weighted by Gasteiger charge is -2.19. The van der Waals surface area contributed by atoms with Gasteiger partial charge in [0.1, 0.15) is 6.29 Å². The zero-order chi connectivity index (χ0) is 20.8. The van der Waals surface area contributed by atoms with Crippen LogP contribution in [0.4, 0.5) is 5.69 Å². The molecule has 146 valence electrons. The fraction of sp³-hybridized carbons (Fsp3) is 0.304. The number of rotatable bonds is 8. The minimum absolute atomic E-state index is 0.00819. The van der Waals surface area contributed by atoms with Crippen LogP contribution in [-0.4, -0.2) is 17.0 Å². The molecule has 0 aliphatic heterocycles. The number of hydrogen-bond acceptors (Lipinski definition) is 4. The van der Waals surface area contributed by atoms with Gasteiger partial charge in [-0.05, 0) is 43.9 Å². The smallest absolute Gasteiger partial charge is 0.272 e. The number of carbonyl (C=O) groups is 2. The molecule has 0 spiro atoms. The zero-order valence-electron chi connectivity index (χ0n) is 16.6. The summed E-state index contributed by atoms with van der Waals surface area (Å²) in [6.45, 7) is 7.67. The standard InChI is InChI=1S/C23H25NO4/c1-15-13-17(3)23(18(4)14-15)22(26)10-9-16(2)19(11-12-25)20-7-5-6-8-21(20)24(27)28/h5-10,12-14,16,19H,11H2,1-4H3/b10-9-. The molecule has 2 aromatic rings. The number of aldehydes is 1. The number of hydrogen-bond donors (Lipinski definition) is 0. The van der Waals surface area contributed by atoms with E-state index in [-0.39, 0.29) is 29.7 Å². The number of aryl methyl sites for hydroxylation is 3. The summed E-state index contributed by atoms with van der Waals surface area (Å²) < 4.78 is 0. The Kier molecular flexibility index (Phi) is 6.99. The number of nitrogens with zero attached hydrogens (tertiary/aromatic N) is 1. The fourth-order valence-electron chi connectivity index (χ4n) is 3.72. The van der Waals surface area contributed by atoms with Crippen molar-refractivity contribution in [2.75, 3.05) is 0 Å². The largest absolute Gasteiger partial charge is 0.303 e. The molecule has 2 unspecified atom stereocenters. The summed E-state index contributed by atoms with van der Waals surface area (Å²) in [5.74, 6) is -0.695. The maximum atomic E-state index is 12.7. The maximum Gasteiger partial charge on any atom is 0.272 e. The summed E-state index contributed by atoms with van der Waals surface area (Å²) in [6, 6.07) is 10.4. The van der Waals surface area contributed by atoms with Crippen LogP contribution in [0.2, 0.25) is 0 Å². The highest BCUT2D eigenvalue weighted by atomic mass is 16.6. The molecule has 0 amide bonds. The molecule has 28 heavy (non-hydrogen) atoms. The summed E-state index contributed by atoms with van der Waals surface area (Å²) in [5.41, 5.74) is 4.11. The van der Waals surface area contributed by atoms with Crippen LogP contribution in [0.25, 0.3) is 0 Å². The van der Waals surface area contributed by atoms with Gasteiger partial charge in [0.15, 0.2) is 5.78 Å². The summed E-state index contributed by atoms with van der Waals surface area (Å²) in [4.78, 5) is 34.8. The molecular weight excluding hydrogens is 354 g/mol. The second kappa shape index (κ2) is 9.22. The quantitative estimate of drug-likeness (QED) is 0.206. The number of benzene rings is 2. The van der Waals surface area contributed by atoms with Gasteiger partial charge in [0.2, 0.25) is 0 Å². The van der Waals surface area contributed by atoms with Crippen LogP contribution in [0.1, 0.15) is 51.9 Å². The summed E-state index contributed by atoms with van der Waals surface area (Å²) in [5, 5.41) is 11.4. The van der Waals surface area contributed by atoms with Gasteiger partial charge in [-0.15, -0.1) is 0 Å². The highest BCUT2D eigenvalue weighted by Crippen LogP contribution is 2.34. The molecule has 0 aromatic heterocycles. The Morgan fingerprint density at radius 3 is 2.32 bits per heavy atom. The Hall–Kier alpha value is -3.08. The highest BCUT2D eigenvalue weighted by molar-refractivity contribution is 6.06. The summed E-state index contributed by atoms with van der Waals surface area (Å²) in [7, 11) is 0. The molecule has 2 atom stereocenters. The van der Waals surface area contributed by atoms with E-state index in [1.54, 1.807) is 24.3 Å². The van der Waals surface area contributed by atoms with Crippen molar-refractivity contribution in [3.8, 4) is 0 Å². The van der Waals surface area contributed by atoms with Gasteiger partial charge in [-0.25, -0.2) is 0 Å². The fourth-order valence-corrected chi connectivity index (χ4v) is 3.72. The first kappa shape index (κ1) is 21.2. The van der Waals surface area contributed by atoms with E-state index in [0.717, 1.165) is 23.0 Å². The van der Waals surface area contributed by atoms with Gasteiger partial charge >= 0.3 is 0 Å². The average molecular weight is 379 g/mol. The van der Waals surface area contributed by atoms with Gasteiger partial charge < -0.3 is 4.79 Å². The Balaban J connectivity index is 2.33. The maximum absolute atomic E-state index is 12.7. The summed E-state index contributed by atoms with van der Waals surface area (Å²) in [6.07, 6.45) is 4.17. The third-order valence-corrected chi connectivity index (χ3v) is 4.99. The van der Waals surface area contributed by atoms with E-state index in [2.05, 4.69) is 0 Å². The third kappa shape index (κ3) is 4.80. The zero-order valence-corrected chi connectivity index (χ0v) is 16.6. The van der Waals surface area contributed by atoms with Crippen LogP contribution in [-0.2, 0) is 4.79 Å². The van der Waals surface area contributed by atoms with Crippen LogP contribution >= 0.6 is 0 Å². The van der Waals surface area contributed by atoms with Crippen LogP contribution < -0.4 is 0 Å². The molecule has 2 aromatic carbocycles. The SMILES string of the molecule is Cc1cc(C)c(C(=O)/C=C\C(C)C(CC=O)c2ccccc2[N+](=O)[O-])c(C)c1. The molecule has 5 nitrogen and oxygen atoms in total. The Labute approximate surface area is 165 Å². The van der Waals surface area contributed by atoms with Crippen molar-refractivity contribution in [3.05, 3.63) is 86.5 Å². The van der Waals surface area contributed by atoms with E-state index in [0.29, 0.717) is 11.1 Å². The second-order valence-electron chi connectivity index (χ2n) is 7.18. The number of ketones is 1. The van der Waals surface area contributed by atoms with E-state index in [9.17, 15) is 19.7 Å².